The Labute approximate surface area is 86.1 Å². The van der Waals surface area contributed by atoms with Crippen LogP contribution in [0.1, 0.15) is 28.4 Å². The van der Waals surface area contributed by atoms with Gasteiger partial charge in [-0.05, 0) is 17.7 Å². The van der Waals surface area contributed by atoms with Gasteiger partial charge in [0.15, 0.2) is 0 Å². The molecule has 15 heavy (non-hydrogen) atoms. The van der Waals surface area contributed by atoms with Crippen molar-refractivity contribution in [1.82, 2.24) is 0 Å². The van der Waals surface area contributed by atoms with Gasteiger partial charge in [0, 0.05) is 5.56 Å². The number of rotatable bonds is 4. The van der Waals surface area contributed by atoms with Gasteiger partial charge in [-0.1, -0.05) is 12.1 Å². The van der Waals surface area contributed by atoms with E-state index in [0.717, 1.165) is 0 Å². The molecule has 0 aliphatic heterocycles. The molecule has 1 aromatic rings. The maximum absolute atomic E-state index is 10.7. The third-order valence-electron chi connectivity index (χ3n) is 1.95. The predicted octanol–water partition coefficient (Wildman–Crippen LogP) is 0.294. The van der Waals surface area contributed by atoms with E-state index in [2.05, 4.69) is 0 Å². The van der Waals surface area contributed by atoms with E-state index in [1.165, 1.54) is 24.3 Å². The summed E-state index contributed by atoms with van der Waals surface area (Å²) in [6, 6.07) is 5.85. The molecule has 4 N–H and O–H groups in total. The molecule has 0 aliphatic carbocycles. The van der Waals surface area contributed by atoms with Crippen molar-refractivity contribution in [3.63, 3.8) is 0 Å². The average Bonchev–Trinajstić information content (AvgIpc) is 2.17. The van der Waals surface area contributed by atoms with Crippen LogP contribution in [-0.2, 0) is 4.79 Å². The highest BCUT2D eigenvalue weighted by Gasteiger charge is 2.12. The molecule has 0 heterocycles. The van der Waals surface area contributed by atoms with Crippen molar-refractivity contribution < 1.29 is 19.8 Å². The highest BCUT2D eigenvalue weighted by molar-refractivity contribution is 5.92. The lowest BCUT2D eigenvalue weighted by atomic mass is 10.0. The van der Waals surface area contributed by atoms with Crippen LogP contribution in [-0.4, -0.2) is 22.1 Å². The van der Waals surface area contributed by atoms with Crippen LogP contribution < -0.4 is 5.73 Å². The first-order chi connectivity index (χ1) is 7.00. The molecule has 1 amide bonds. The number of aliphatic hydroxyl groups is 1. The number of aliphatic carboxylic acids is 1. The molecule has 0 saturated heterocycles. The first-order valence-corrected chi connectivity index (χ1v) is 4.30. The highest BCUT2D eigenvalue weighted by atomic mass is 16.4. The Balaban J connectivity index is 2.79. The number of amides is 1. The van der Waals surface area contributed by atoms with Gasteiger partial charge in [-0.25, -0.2) is 0 Å². The van der Waals surface area contributed by atoms with Gasteiger partial charge in [-0.15, -0.1) is 0 Å². The molecule has 1 unspecified atom stereocenters. The van der Waals surface area contributed by atoms with Crippen molar-refractivity contribution >= 4 is 11.9 Å². The fraction of sp³-hybridized carbons (Fsp3) is 0.200. The lowest BCUT2D eigenvalue weighted by Gasteiger charge is -2.08. The maximum atomic E-state index is 10.7. The number of carbonyl (C=O) groups excluding carboxylic acids is 1. The van der Waals surface area contributed by atoms with E-state index in [0.29, 0.717) is 11.1 Å². The molecule has 0 saturated carbocycles. The number of primary amides is 1. The largest absolute Gasteiger partial charge is 0.481 e. The number of carboxylic acids is 1. The molecule has 1 aromatic carbocycles. The fourth-order valence-corrected chi connectivity index (χ4v) is 1.15. The molecule has 5 heteroatoms. The molecular formula is C10H11NO4. The van der Waals surface area contributed by atoms with Gasteiger partial charge in [-0.2, -0.15) is 0 Å². The van der Waals surface area contributed by atoms with Crippen LogP contribution in [0.3, 0.4) is 0 Å². The van der Waals surface area contributed by atoms with Crippen molar-refractivity contribution in [3.8, 4) is 0 Å². The summed E-state index contributed by atoms with van der Waals surface area (Å²) in [5, 5.41) is 17.9. The van der Waals surface area contributed by atoms with E-state index >= 15 is 0 Å². The van der Waals surface area contributed by atoms with Crippen molar-refractivity contribution in [2.45, 2.75) is 12.5 Å². The summed E-state index contributed by atoms with van der Waals surface area (Å²) in [5.41, 5.74) is 5.79. The third-order valence-corrected chi connectivity index (χ3v) is 1.95. The molecule has 0 fully saturated rings. The molecular weight excluding hydrogens is 198 g/mol. The standard InChI is InChI=1S/C10H11NO4/c11-10(15)7-3-1-6(2-4-7)8(12)5-9(13)14/h1-4,8,12H,5H2,(H2,11,15)(H,13,14). The lowest BCUT2D eigenvalue weighted by molar-refractivity contribution is -0.139. The van der Waals surface area contributed by atoms with E-state index in [1.54, 1.807) is 0 Å². The third kappa shape index (κ3) is 3.07. The van der Waals surface area contributed by atoms with Crippen LogP contribution in [0.5, 0.6) is 0 Å². The van der Waals surface area contributed by atoms with Crippen molar-refractivity contribution in [2.75, 3.05) is 0 Å². The zero-order valence-corrected chi connectivity index (χ0v) is 7.88. The Morgan fingerprint density at radius 1 is 1.27 bits per heavy atom. The van der Waals surface area contributed by atoms with E-state index in [-0.39, 0.29) is 6.42 Å². The highest BCUT2D eigenvalue weighted by Crippen LogP contribution is 2.16. The Morgan fingerprint density at radius 3 is 2.20 bits per heavy atom. The predicted molar refractivity (Wildman–Crippen MR) is 52.2 cm³/mol. The second kappa shape index (κ2) is 4.56. The van der Waals surface area contributed by atoms with Crippen LogP contribution in [0, 0.1) is 0 Å². The molecule has 80 valence electrons. The van der Waals surface area contributed by atoms with Crippen LogP contribution in [0.4, 0.5) is 0 Å². The molecule has 0 bridgehead atoms. The smallest absolute Gasteiger partial charge is 0.306 e. The number of hydrogen-bond donors (Lipinski definition) is 3. The van der Waals surface area contributed by atoms with E-state index in [4.69, 9.17) is 10.8 Å². The molecule has 1 rings (SSSR count). The Kier molecular flexibility index (Phi) is 3.41. The fourth-order valence-electron chi connectivity index (χ4n) is 1.15. The summed E-state index contributed by atoms with van der Waals surface area (Å²) in [6.45, 7) is 0. The van der Waals surface area contributed by atoms with Gasteiger partial charge in [0.1, 0.15) is 0 Å². The molecule has 0 spiro atoms. The number of nitrogens with two attached hydrogens (primary N) is 1. The molecule has 0 aliphatic rings. The Bertz CT molecular complexity index is 372. The first kappa shape index (κ1) is 11.2. The van der Waals surface area contributed by atoms with E-state index in [9.17, 15) is 14.7 Å². The zero-order chi connectivity index (χ0) is 11.4. The summed E-state index contributed by atoms with van der Waals surface area (Å²) in [6.07, 6.45) is -1.43. The summed E-state index contributed by atoms with van der Waals surface area (Å²) in [7, 11) is 0. The molecule has 0 radical (unpaired) electrons. The summed E-state index contributed by atoms with van der Waals surface area (Å²) in [5.74, 6) is -1.64. The van der Waals surface area contributed by atoms with Crippen LogP contribution in [0.15, 0.2) is 24.3 Å². The SMILES string of the molecule is NC(=O)c1ccc(C(O)CC(=O)O)cc1. The number of hydrogen-bond acceptors (Lipinski definition) is 3. The number of carbonyl (C=O) groups is 2. The lowest BCUT2D eigenvalue weighted by Crippen LogP contribution is -2.11. The van der Waals surface area contributed by atoms with Crippen molar-refractivity contribution in [1.29, 1.82) is 0 Å². The van der Waals surface area contributed by atoms with Gasteiger partial charge >= 0.3 is 5.97 Å². The number of aliphatic hydroxyl groups excluding tert-OH is 1. The van der Waals surface area contributed by atoms with Crippen LogP contribution >= 0.6 is 0 Å². The van der Waals surface area contributed by atoms with Crippen molar-refractivity contribution in [2.24, 2.45) is 5.73 Å². The van der Waals surface area contributed by atoms with Gasteiger partial charge in [-0.3, -0.25) is 9.59 Å². The molecule has 0 aromatic heterocycles. The quantitative estimate of drug-likeness (QED) is 0.663. The van der Waals surface area contributed by atoms with Gasteiger partial charge in [0.25, 0.3) is 0 Å². The zero-order valence-electron chi connectivity index (χ0n) is 7.88. The van der Waals surface area contributed by atoms with E-state index in [1.807, 2.05) is 0 Å². The second-order valence-electron chi connectivity index (χ2n) is 3.10. The molecule has 1 atom stereocenters. The van der Waals surface area contributed by atoms with E-state index < -0.39 is 18.0 Å². The summed E-state index contributed by atoms with van der Waals surface area (Å²) in [4.78, 5) is 21.0. The minimum absolute atomic E-state index is 0.321. The van der Waals surface area contributed by atoms with Gasteiger partial charge in [0.05, 0.1) is 12.5 Å². The number of carboxylic acid groups (broad SMARTS) is 1. The van der Waals surface area contributed by atoms with Crippen LogP contribution in [0.2, 0.25) is 0 Å². The minimum atomic E-state index is -1.08. The number of benzene rings is 1. The Hall–Kier alpha value is -1.88. The van der Waals surface area contributed by atoms with Gasteiger partial charge in [0.2, 0.25) is 5.91 Å². The second-order valence-corrected chi connectivity index (χ2v) is 3.10. The summed E-state index contributed by atoms with van der Waals surface area (Å²) < 4.78 is 0. The normalized spacial score (nSPS) is 12.1. The minimum Gasteiger partial charge on any atom is -0.481 e. The maximum Gasteiger partial charge on any atom is 0.306 e. The summed E-state index contributed by atoms with van der Waals surface area (Å²) >= 11 is 0. The van der Waals surface area contributed by atoms with Crippen molar-refractivity contribution in [3.05, 3.63) is 35.4 Å². The van der Waals surface area contributed by atoms with Gasteiger partial charge < -0.3 is 15.9 Å². The first-order valence-electron chi connectivity index (χ1n) is 4.30. The Morgan fingerprint density at radius 2 is 1.80 bits per heavy atom. The topological polar surface area (TPSA) is 101 Å². The average molecular weight is 209 g/mol. The monoisotopic (exact) mass is 209 g/mol. The molecule has 5 nitrogen and oxygen atoms in total. The van der Waals surface area contributed by atoms with Crippen LogP contribution in [0.25, 0.3) is 0 Å².